The van der Waals surface area contributed by atoms with Crippen LogP contribution in [0.3, 0.4) is 0 Å². The molecule has 18 heteroatoms. The van der Waals surface area contributed by atoms with Gasteiger partial charge in [0.05, 0.1) is 11.4 Å². The van der Waals surface area contributed by atoms with Crippen LogP contribution in [0, 0.1) is 12.8 Å². The summed E-state index contributed by atoms with van der Waals surface area (Å²) in [7, 11) is 0.491. The number of hydrogen-bond donors (Lipinski definition) is 2. The minimum atomic E-state index is -4.53. The number of amides is 2. The number of aryl methyl sites for hydroxylation is 1. The van der Waals surface area contributed by atoms with Gasteiger partial charge < -0.3 is 19.5 Å². The molecule has 0 unspecified atom stereocenters. The van der Waals surface area contributed by atoms with Gasteiger partial charge in [0.2, 0.25) is 5.94 Å². The van der Waals surface area contributed by atoms with Crippen LogP contribution in [-0.2, 0) is 43.5 Å². The highest BCUT2D eigenvalue weighted by molar-refractivity contribution is 8.00. The van der Waals surface area contributed by atoms with Crippen molar-refractivity contribution in [1.82, 2.24) is 15.2 Å². The maximum atomic E-state index is 13.0. The van der Waals surface area contributed by atoms with Crippen molar-refractivity contribution in [2.45, 2.75) is 30.5 Å². The number of aromatic nitrogens is 1. The molecule has 180 valence electrons. The highest BCUT2D eigenvalue weighted by Gasteiger charge is 2.71. The van der Waals surface area contributed by atoms with Gasteiger partial charge in [0, 0.05) is 17.1 Å². The number of nitrogens with zero attached hydrogens (tertiary/aromatic N) is 3. The maximum Gasteiger partial charge on any atom is 0.378 e. The molecule has 3 aliphatic heterocycles. The lowest BCUT2D eigenvalue weighted by atomic mass is 9.89. The summed E-state index contributed by atoms with van der Waals surface area (Å²) >= 11 is 2.39. The van der Waals surface area contributed by atoms with Gasteiger partial charge in [0.25, 0.3) is 17.5 Å². The number of carbonyl (C=O) groups excluding carboxylic acids is 4. The SMILES string of the molecule is [B]OC(=O)[C@]12OC(=O)C[C@H]1CS[C@@H]1[C@H](NC(=O)/C(=N\OCS(=O)(=O)O)c3csc(C)n3)C(=O)N12. The second-order valence-electron chi connectivity index (χ2n) is 7.38. The number of rotatable bonds is 7. The summed E-state index contributed by atoms with van der Waals surface area (Å²) in [6, 6.07) is -1.15. The monoisotopic (exact) mass is 530 g/mol. The molecule has 1 aromatic rings. The molecule has 0 saturated carbocycles. The number of carbonyl (C=O) groups is 4. The molecular formula is C16H15BN4O10S3. The fourth-order valence-electron chi connectivity index (χ4n) is 3.83. The van der Waals surface area contributed by atoms with Gasteiger partial charge in [0.1, 0.15) is 17.1 Å². The average Bonchev–Trinajstić information content (AvgIpc) is 3.34. The van der Waals surface area contributed by atoms with Crippen molar-refractivity contribution < 1.29 is 46.4 Å². The fourth-order valence-corrected chi connectivity index (χ4v) is 6.17. The van der Waals surface area contributed by atoms with Crippen LogP contribution in [-0.4, -0.2) is 89.2 Å². The lowest BCUT2D eigenvalue weighted by molar-refractivity contribution is -0.214. The van der Waals surface area contributed by atoms with E-state index in [4.69, 9.17) is 17.3 Å². The number of fused-ring (bicyclic) bond motifs is 3. The van der Waals surface area contributed by atoms with E-state index in [9.17, 15) is 27.6 Å². The van der Waals surface area contributed by atoms with Gasteiger partial charge >= 0.3 is 30.1 Å². The molecule has 14 nitrogen and oxygen atoms in total. The fraction of sp³-hybridized carbons (Fsp3) is 0.500. The maximum absolute atomic E-state index is 13.0. The van der Waals surface area contributed by atoms with Gasteiger partial charge in [-0.1, -0.05) is 5.16 Å². The van der Waals surface area contributed by atoms with Crippen molar-refractivity contribution in [3.05, 3.63) is 16.1 Å². The van der Waals surface area contributed by atoms with Crippen LogP contribution in [0.4, 0.5) is 0 Å². The van der Waals surface area contributed by atoms with E-state index in [2.05, 4.69) is 24.9 Å². The summed E-state index contributed by atoms with van der Waals surface area (Å²) < 4.78 is 40.1. The molecule has 4 atom stereocenters. The summed E-state index contributed by atoms with van der Waals surface area (Å²) in [6.07, 6.45) is -0.110. The Labute approximate surface area is 201 Å². The summed E-state index contributed by atoms with van der Waals surface area (Å²) in [5.41, 5.74) is -2.41. The first kappa shape index (κ1) is 24.4. The summed E-state index contributed by atoms with van der Waals surface area (Å²) in [4.78, 5) is 60.0. The Morgan fingerprint density at radius 3 is 2.82 bits per heavy atom. The van der Waals surface area contributed by atoms with E-state index in [0.717, 1.165) is 4.90 Å². The Morgan fingerprint density at radius 2 is 2.21 bits per heavy atom. The molecule has 0 bridgehead atoms. The molecule has 0 aromatic carbocycles. The molecule has 4 rings (SSSR count). The summed E-state index contributed by atoms with van der Waals surface area (Å²) in [5.74, 6) is -5.11. The predicted octanol–water partition coefficient (Wildman–Crippen LogP) is -1.70. The zero-order chi connectivity index (χ0) is 24.8. The third kappa shape index (κ3) is 4.14. The number of oxime groups is 1. The second-order valence-corrected chi connectivity index (χ2v) is 11.0. The number of ether oxygens (including phenoxy) is 1. The Morgan fingerprint density at radius 1 is 1.47 bits per heavy atom. The van der Waals surface area contributed by atoms with Crippen LogP contribution in [0.2, 0.25) is 0 Å². The van der Waals surface area contributed by atoms with E-state index >= 15 is 0 Å². The standard InChI is InChI=1S/C16H15BN4O10S3/c1-6-18-8(4-32-6)10(20-29-5-34(26,27)28)12(23)19-11-13(24)21-14(11)33-3-7-2-9(22)30-16(7,21)15(25)31-17/h4,7,11,14H,2-3,5H2,1H3,(H,19,23)(H,26,27,28)/b20-10-/t7-,11+,14+,16+/m0/s1. The molecule has 2 radical (unpaired) electrons. The molecular weight excluding hydrogens is 515 g/mol. The Hall–Kier alpha value is -2.70. The van der Waals surface area contributed by atoms with Crippen LogP contribution in [0.15, 0.2) is 10.5 Å². The van der Waals surface area contributed by atoms with Crippen molar-refractivity contribution in [1.29, 1.82) is 0 Å². The lowest BCUT2D eigenvalue weighted by Crippen LogP contribution is -2.80. The number of thiazole rings is 1. The van der Waals surface area contributed by atoms with Crippen LogP contribution >= 0.6 is 23.1 Å². The van der Waals surface area contributed by atoms with Crippen LogP contribution in [0.1, 0.15) is 17.1 Å². The van der Waals surface area contributed by atoms with Crippen molar-refractivity contribution in [3.63, 3.8) is 0 Å². The van der Waals surface area contributed by atoms with E-state index < -0.39 is 68.6 Å². The molecule has 3 aliphatic rings. The first-order valence-electron chi connectivity index (χ1n) is 9.44. The van der Waals surface area contributed by atoms with Crippen molar-refractivity contribution in [2.24, 2.45) is 11.1 Å². The first-order valence-corrected chi connectivity index (χ1v) is 13.0. The van der Waals surface area contributed by atoms with Crippen LogP contribution < -0.4 is 5.32 Å². The topological polar surface area (TPSA) is 191 Å². The van der Waals surface area contributed by atoms with E-state index in [-0.39, 0.29) is 17.9 Å². The Balaban J connectivity index is 1.56. The second kappa shape index (κ2) is 8.83. The quantitative estimate of drug-likeness (QED) is 0.102. The predicted molar refractivity (Wildman–Crippen MR) is 115 cm³/mol. The molecule has 3 saturated heterocycles. The van der Waals surface area contributed by atoms with E-state index in [1.165, 1.54) is 28.5 Å². The third-order valence-electron chi connectivity index (χ3n) is 5.23. The smallest absolute Gasteiger partial charge is 0.378 e. The van der Waals surface area contributed by atoms with Crippen molar-refractivity contribution >= 4 is 70.7 Å². The van der Waals surface area contributed by atoms with Gasteiger partial charge in [-0.15, -0.1) is 23.1 Å². The Kier molecular flexibility index (Phi) is 6.34. The summed E-state index contributed by atoms with van der Waals surface area (Å²) in [6.45, 7) is 1.66. The van der Waals surface area contributed by atoms with Gasteiger partial charge in [0.15, 0.2) is 5.71 Å². The lowest BCUT2D eigenvalue weighted by Gasteiger charge is -2.56. The normalized spacial score (nSPS) is 28.4. The Bertz CT molecular complexity index is 1200. The van der Waals surface area contributed by atoms with Crippen molar-refractivity contribution in [2.75, 3.05) is 11.7 Å². The van der Waals surface area contributed by atoms with Gasteiger partial charge in [-0.2, -0.15) is 8.42 Å². The molecule has 1 aromatic heterocycles. The number of nitrogens with one attached hydrogen (secondary N) is 1. The number of β-lactam (4-membered cyclic amide) rings is 1. The number of thioether (sulfide) groups is 1. The minimum absolute atomic E-state index is 0.0447. The molecule has 34 heavy (non-hydrogen) atoms. The molecule has 3 fully saturated rings. The van der Waals surface area contributed by atoms with Crippen LogP contribution in [0.25, 0.3) is 0 Å². The molecule has 2 amide bonds. The molecule has 0 spiro atoms. The van der Waals surface area contributed by atoms with E-state index in [1.54, 1.807) is 6.92 Å². The van der Waals surface area contributed by atoms with E-state index in [1.807, 2.05) is 0 Å². The van der Waals surface area contributed by atoms with Crippen LogP contribution in [0.5, 0.6) is 0 Å². The van der Waals surface area contributed by atoms with Gasteiger partial charge in [-0.3, -0.25) is 23.8 Å². The van der Waals surface area contributed by atoms with E-state index in [0.29, 0.717) is 5.01 Å². The number of esters is 1. The highest BCUT2D eigenvalue weighted by atomic mass is 32.2. The molecule has 2 N–H and O–H groups in total. The minimum Gasteiger partial charge on any atom is -0.539 e. The zero-order valence-electron chi connectivity index (χ0n) is 17.2. The largest absolute Gasteiger partial charge is 0.539 e. The number of hydrogen-bond acceptors (Lipinski definition) is 13. The molecule has 0 aliphatic carbocycles. The highest BCUT2D eigenvalue weighted by Crippen LogP contribution is 2.51. The van der Waals surface area contributed by atoms with Crippen molar-refractivity contribution in [3.8, 4) is 0 Å². The average molecular weight is 530 g/mol. The van der Waals surface area contributed by atoms with Gasteiger partial charge in [-0.05, 0) is 6.92 Å². The third-order valence-corrected chi connectivity index (χ3v) is 7.82. The van der Waals surface area contributed by atoms with Gasteiger partial charge in [-0.25, -0.2) is 9.78 Å². The first-order chi connectivity index (χ1) is 16.0. The zero-order valence-corrected chi connectivity index (χ0v) is 19.6. The summed E-state index contributed by atoms with van der Waals surface area (Å²) in [5, 5.41) is 7.15. The molecule has 4 heterocycles.